The van der Waals surface area contributed by atoms with Crippen LogP contribution in [0.2, 0.25) is 0 Å². The molecule has 0 spiro atoms. The third-order valence-electron chi connectivity index (χ3n) is 4.94. The smallest absolute Gasteiger partial charge is 0.243 e. The monoisotopic (exact) mass is 358 g/mol. The van der Waals surface area contributed by atoms with E-state index in [-0.39, 0.29) is 0 Å². The molecule has 0 radical (unpaired) electrons. The minimum Gasteiger partial charge on any atom is -0.354 e. The molecule has 7 heteroatoms. The Morgan fingerprint density at radius 1 is 0.960 bits per heavy atom. The number of hydrogen-bond donors (Lipinski definition) is 0. The standard InChI is InChI=1S/C18H22N4O2S/c1-14-19-17-9-5-8-16(17)18(20-14)21-10-12-22(13-11-21)25(23,24)15-6-3-2-4-7-15/h2-4,6-7H,5,8-13H2,1H3. The van der Waals surface area contributed by atoms with Crippen LogP contribution in [-0.2, 0) is 22.9 Å². The van der Waals surface area contributed by atoms with Crippen molar-refractivity contribution in [1.29, 1.82) is 0 Å². The average Bonchev–Trinajstić information content (AvgIpc) is 3.10. The molecular weight excluding hydrogens is 336 g/mol. The van der Waals surface area contributed by atoms with Crippen molar-refractivity contribution < 1.29 is 8.42 Å². The summed E-state index contributed by atoms with van der Waals surface area (Å²) in [5.74, 6) is 1.81. The van der Waals surface area contributed by atoms with Gasteiger partial charge in [-0.15, -0.1) is 0 Å². The lowest BCUT2D eigenvalue weighted by Crippen LogP contribution is -2.49. The topological polar surface area (TPSA) is 66.4 Å². The van der Waals surface area contributed by atoms with Crippen molar-refractivity contribution in [3.63, 3.8) is 0 Å². The Bertz CT molecular complexity index is 875. The highest BCUT2D eigenvalue weighted by atomic mass is 32.2. The molecule has 1 saturated heterocycles. The molecule has 0 unspecified atom stereocenters. The van der Waals surface area contributed by atoms with Gasteiger partial charge in [0.05, 0.1) is 4.90 Å². The Morgan fingerprint density at radius 2 is 1.68 bits per heavy atom. The molecule has 1 aliphatic heterocycles. The van der Waals surface area contributed by atoms with Crippen LogP contribution in [0.5, 0.6) is 0 Å². The summed E-state index contributed by atoms with van der Waals surface area (Å²) < 4.78 is 27.1. The molecule has 0 amide bonds. The van der Waals surface area contributed by atoms with Gasteiger partial charge in [-0.2, -0.15) is 4.31 Å². The van der Waals surface area contributed by atoms with E-state index in [4.69, 9.17) is 0 Å². The van der Waals surface area contributed by atoms with E-state index < -0.39 is 10.0 Å². The van der Waals surface area contributed by atoms with E-state index >= 15 is 0 Å². The Morgan fingerprint density at radius 3 is 2.40 bits per heavy atom. The third kappa shape index (κ3) is 3.02. The lowest BCUT2D eigenvalue weighted by molar-refractivity contribution is 0.383. The molecule has 0 saturated carbocycles. The van der Waals surface area contributed by atoms with Crippen molar-refractivity contribution in [2.75, 3.05) is 31.1 Å². The maximum atomic E-state index is 12.8. The van der Waals surface area contributed by atoms with Gasteiger partial charge in [0.2, 0.25) is 10.0 Å². The first-order valence-electron chi connectivity index (χ1n) is 8.72. The third-order valence-corrected chi connectivity index (χ3v) is 6.86. The molecule has 0 N–H and O–H groups in total. The molecule has 1 aliphatic carbocycles. The van der Waals surface area contributed by atoms with Crippen LogP contribution < -0.4 is 4.90 Å². The van der Waals surface area contributed by atoms with E-state index in [0.717, 1.165) is 30.9 Å². The highest BCUT2D eigenvalue weighted by Crippen LogP contribution is 2.30. The van der Waals surface area contributed by atoms with Crippen LogP contribution in [0.4, 0.5) is 5.82 Å². The van der Waals surface area contributed by atoms with Gasteiger partial charge in [0.1, 0.15) is 11.6 Å². The number of sulfonamides is 1. The molecular formula is C18H22N4O2S. The number of aryl methyl sites for hydroxylation is 2. The Kier molecular flexibility index (Phi) is 4.21. The van der Waals surface area contributed by atoms with Gasteiger partial charge in [0.25, 0.3) is 0 Å². The van der Waals surface area contributed by atoms with Crippen LogP contribution >= 0.6 is 0 Å². The first kappa shape index (κ1) is 16.5. The lowest BCUT2D eigenvalue weighted by Gasteiger charge is -2.35. The second-order valence-electron chi connectivity index (χ2n) is 6.58. The summed E-state index contributed by atoms with van der Waals surface area (Å²) in [5.41, 5.74) is 2.42. The quantitative estimate of drug-likeness (QED) is 0.837. The molecule has 6 nitrogen and oxygen atoms in total. The molecule has 4 rings (SSSR count). The van der Waals surface area contributed by atoms with Gasteiger partial charge in [-0.05, 0) is 38.3 Å². The maximum absolute atomic E-state index is 12.8. The second kappa shape index (κ2) is 6.38. The van der Waals surface area contributed by atoms with Crippen molar-refractivity contribution in [2.45, 2.75) is 31.1 Å². The summed E-state index contributed by atoms with van der Waals surface area (Å²) in [5, 5.41) is 0. The van der Waals surface area contributed by atoms with Crippen molar-refractivity contribution >= 4 is 15.8 Å². The minimum absolute atomic E-state index is 0.363. The Hall–Kier alpha value is -1.99. The number of piperazine rings is 1. The molecule has 1 aromatic carbocycles. The fraction of sp³-hybridized carbons (Fsp3) is 0.444. The van der Waals surface area contributed by atoms with Crippen molar-refractivity contribution in [3.8, 4) is 0 Å². The summed E-state index contributed by atoms with van der Waals surface area (Å²) in [4.78, 5) is 11.8. The molecule has 2 aromatic rings. The molecule has 25 heavy (non-hydrogen) atoms. The number of hydrogen-bond acceptors (Lipinski definition) is 5. The first-order valence-corrected chi connectivity index (χ1v) is 10.2. The number of benzene rings is 1. The molecule has 2 heterocycles. The van der Waals surface area contributed by atoms with Crippen molar-refractivity contribution in [2.24, 2.45) is 0 Å². The number of aromatic nitrogens is 2. The largest absolute Gasteiger partial charge is 0.354 e. The molecule has 0 bridgehead atoms. The summed E-state index contributed by atoms with van der Waals surface area (Å²) >= 11 is 0. The zero-order valence-corrected chi connectivity index (χ0v) is 15.2. The number of anilines is 1. The van der Waals surface area contributed by atoms with Gasteiger partial charge in [0, 0.05) is 37.4 Å². The SMILES string of the molecule is Cc1nc2c(c(N3CCN(S(=O)(=O)c4ccccc4)CC3)n1)CCC2. The van der Waals surface area contributed by atoms with E-state index in [1.807, 2.05) is 13.0 Å². The van der Waals surface area contributed by atoms with Gasteiger partial charge in [0.15, 0.2) is 0 Å². The van der Waals surface area contributed by atoms with Gasteiger partial charge < -0.3 is 4.90 Å². The highest BCUT2D eigenvalue weighted by Gasteiger charge is 2.30. The molecule has 1 fully saturated rings. The van der Waals surface area contributed by atoms with Crippen LogP contribution in [-0.4, -0.2) is 48.9 Å². The summed E-state index contributed by atoms with van der Waals surface area (Å²) in [6, 6.07) is 8.66. The number of rotatable bonds is 3. The van der Waals surface area contributed by atoms with E-state index in [0.29, 0.717) is 31.1 Å². The molecule has 132 valence electrons. The van der Waals surface area contributed by atoms with Crippen LogP contribution in [0, 0.1) is 6.92 Å². The molecule has 0 atom stereocenters. The van der Waals surface area contributed by atoms with E-state index in [1.54, 1.807) is 28.6 Å². The fourth-order valence-electron chi connectivity index (χ4n) is 3.68. The van der Waals surface area contributed by atoms with E-state index in [2.05, 4.69) is 14.9 Å². The lowest BCUT2D eigenvalue weighted by atomic mass is 10.2. The van der Waals surface area contributed by atoms with Gasteiger partial charge in [-0.3, -0.25) is 0 Å². The van der Waals surface area contributed by atoms with Gasteiger partial charge in [-0.25, -0.2) is 18.4 Å². The number of nitrogens with zero attached hydrogens (tertiary/aromatic N) is 4. The normalized spacial score (nSPS) is 18.4. The molecule has 1 aromatic heterocycles. The van der Waals surface area contributed by atoms with Crippen molar-refractivity contribution in [3.05, 3.63) is 47.4 Å². The predicted molar refractivity (Wildman–Crippen MR) is 96.2 cm³/mol. The van der Waals surface area contributed by atoms with E-state index in [1.165, 1.54) is 11.3 Å². The average molecular weight is 358 g/mol. The first-order chi connectivity index (χ1) is 12.1. The Labute approximate surface area is 148 Å². The van der Waals surface area contributed by atoms with Crippen LogP contribution in [0.15, 0.2) is 35.2 Å². The summed E-state index contributed by atoms with van der Waals surface area (Å²) in [6.07, 6.45) is 3.17. The minimum atomic E-state index is -3.41. The zero-order valence-electron chi connectivity index (χ0n) is 14.4. The zero-order chi connectivity index (χ0) is 17.4. The fourth-order valence-corrected chi connectivity index (χ4v) is 5.12. The van der Waals surface area contributed by atoms with Crippen molar-refractivity contribution in [1.82, 2.24) is 14.3 Å². The van der Waals surface area contributed by atoms with Crippen LogP contribution in [0.25, 0.3) is 0 Å². The highest BCUT2D eigenvalue weighted by molar-refractivity contribution is 7.89. The van der Waals surface area contributed by atoms with Crippen LogP contribution in [0.3, 0.4) is 0 Å². The predicted octanol–water partition coefficient (Wildman–Crippen LogP) is 1.78. The number of fused-ring (bicyclic) bond motifs is 1. The van der Waals surface area contributed by atoms with Crippen LogP contribution in [0.1, 0.15) is 23.5 Å². The Balaban J connectivity index is 1.53. The maximum Gasteiger partial charge on any atom is 0.243 e. The summed E-state index contributed by atoms with van der Waals surface area (Å²) in [7, 11) is -3.41. The summed E-state index contributed by atoms with van der Waals surface area (Å²) in [6.45, 7) is 4.21. The van der Waals surface area contributed by atoms with Gasteiger partial charge in [-0.1, -0.05) is 18.2 Å². The van der Waals surface area contributed by atoms with Gasteiger partial charge >= 0.3 is 0 Å². The second-order valence-corrected chi connectivity index (χ2v) is 8.52. The van der Waals surface area contributed by atoms with E-state index in [9.17, 15) is 8.42 Å². The molecule has 2 aliphatic rings.